The first-order chi connectivity index (χ1) is 11.5. The smallest absolute Gasteiger partial charge is 0.229 e. The van der Waals surface area contributed by atoms with Crippen LogP contribution in [-0.2, 0) is 4.79 Å². The van der Waals surface area contributed by atoms with Crippen LogP contribution >= 0.6 is 24.8 Å². The molecular formula is C19H25Cl2N3O2. The minimum Gasteiger partial charge on any atom is -0.457 e. The van der Waals surface area contributed by atoms with Crippen LogP contribution in [0.5, 0.6) is 11.5 Å². The molecule has 1 heterocycles. The maximum absolute atomic E-state index is 12.6. The van der Waals surface area contributed by atoms with Gasteiger partial charge >= 0.3 is 0 Å². The average molecular weight is 398 g/mol. The topological polar surface area (TPSA) is 77.2 Å². The molecule has 1 aliphatic carbocycles. The SMILES string of the molecule is CC1(N)CCCCC1C(=O)Nc1cccc(Oc2ccncc2)c1.Cl.Cl. The van der Waals surface area contributed by atoms with Gasteiger partial charge < -0.3 is 15.8 Å². The van der Waals surface area contributed by atoms with Gasteiger partial charge in [0.25, 0.3) is 0 Å². The fourth-order valence-corrected chi connectivity index (χ4v) is 3.20. The van der Waals surface area contributed by atoms with Crippen molar-refractivity contribution in [1.29, 1.82) is 0 Å². The zero-order chi connectivity index (χ0) is 17.0. The van der Waals surface area contributed by atoms with Gasteiger partial charge in [-0.2, -0.15) is 0 Å². The van der Waals surface area contributed by atoms with Crippen LogP contribution in [0.3, 0.4) is 0 Å². The number of anilines is 1. The highest BCUT2D eigenvalue weighted by atomic mass is 35.5. The molecule has 0 spiro atoms. The van der Waals surface area contributed by atoms with E-state index in [1.807, 2.05) is 31.2 Å². The molecule has 3 N–H and O–H groups in total. The van der Waals surface area contributed by atoms with Crippen LogP contribution < -0.4 is 15.8 Å². The molecule has 5 nitrogen and oxygen atoms in total. The van der Waals surface area contributed by atoms with Gasteiger partial charge in [-0.3, -0.25) is 9.78 Å². The number of ether oxygens (including phenoxy) is 1. The van der Waals surface area contributed by atoms with E-state index in [1.54, 1.807) is 24.5 Å². The minimum absolute atomic E-state index is 0. The summed E-state index contributed by atoms with van der Waals surface area (Å²) in [6.45, 7) is 1.97. The van der Waals surface area contributed by atoms with E-state index >= 15 is 0 Å². The second kappa shape index (κ2) is 9.76. The summed E-state index contributed by atoms with van der Waals surface area (Å²) < 4.78 is 5.77. The Bertz CT molecular complexity index is 711. The van der Waals surface area contributed by atoms with E-state index in [0.29, 0.717) is 17.2 Å². The zero-order valence-corrected chi connectivity index (χ0v) is 16.3. The molecule has 1 saturated carbocycles. The molecule has 1 aromatic carbocycles. The Morgan fingerprint density at radius 2 is 1.92 bits per heavy atom. The van der Waals surface area contributed by atoms with Crippen LogP contribution in [0.15, 0.2) is 48.8 Å². The zero-order valence-electron chi connectivity index (χ0n) is 14.7. The van der Waals surface area contributed by atoms with Crippen LogP contribution in [0.1, 0.15) is 32.6 Å². The Morgan fingerprint density at radius 1 is 1.19 bits per heavy atom. The summed E-state index contributed by atoms with van der Waals surface area (Å²) in [6.07, 6.45) is 7.21. The second-order valence-electron chi connectivity index (χ2n) is 6.61. The number of carbonyl (C=O) groups is 1. The van der Waals surface area contributed by atoms with E-state index in [1.165, 1.54) is 0 Å². The Labute approximate surface area is 166 Å². The molecule has 7 heteroatoms. The molecule has 2 unspecified atom stereocenters. The van der Waals surface area contributed by atoms with Gasteiger partial charge in [-0.25, -0.2) is 0 Å². The summed E-state index contributed by atoms with van der Waals surface area (Å²) in [7, 11) is 0. The Hall–Kier alpha value is -1.82. The Kier molecular flexibility index (Phi) is 8.34. The summed E-state index contributed by atoms with van der Waals surface area (Å²) in [4.78, 5) is 16.6. The maximum Gasteiger partial charge on any atom is 0.229 e. The van der Waals surface area contributed by atoms with E-state index in [9.17, 15) is 4.79 Å². The standard InChI is InChI=1S/C19H23N3O2.2ClH/c1-19(20)10-3-2-7-17(19)18(23)22-14-5-4-6-16(13-14)24-15-8-11-21-12-9-15;;/h4-6,8-9,11-13,17H,2-3,7,10,20H2,1H3,(H,22,23);2*1H. The van der Waals surface area contributed by atoms with Gasteiger partial charge in [0.1, 0.15) is 11.5 Å². The number of nitrogens with zero attached hydrogens (tertiary/aromatic N) is 1. The average Bonchev–Trinajstić information content (AvgIpc) is 2.55. The fourth-order valence-electron chi connectivity index (χ4n) is 3.20. The first-order valence-corrected chi connectivity index (χ1v) is 8.32. The van der Waals surface area contributed by atoms with Crippen molar-refractivity contribution in [3.8, 4) is 11.5 Å². The Morgan fingerprint density at radius 3 is 2.62 bits per heavy atom. The van der Waals surface area contributed by atoms with Gasteiger partial charge in [0.2, 0.25) is 5.91 Å². The molecule has 0 bridgehead atoms. The van der Waals surface area contributed by atoms with Crippen LogP contribution in [-0.4, -0.2) is 16.4 Å². The molecule has 3 rings (SSSR count). The van der Waals surface area contributed by atoms with Crippen LogP contribution in [0.25, 0.3) is 0 Å². The number of amides is 1. The van der Waals surface area contributed by atoms with Gasteiger partial charge in [0.15, 0.2) is 0 Å². The molecule has 0 aliphatic heterocycles. The number of hydrogen-bond acceptors (Lipinski definition) is 4. The Balaban J connectivity index is 0.00000169. The fraction of sp³-hybridized carbons (Fsp3) is 0.368. The number of rotatable bonds is 4. The van der Waals surface area contributed by atoms with E-state index in [2.05, 4.69) is 10.3 Å². The molecule has 142 valence electrons. The molecule has 1 fully saturated rings. The van der Waals surface area contributed by atoms with Gasteiger partial charge in [0, 0.05) is 29.7 Å². The van der Waals surface area contributed by atoms with Crippen molar-refractivity contribution in [2.45, 2.75) is 38.1 Å². The number of carbonyl (C=O) groups excluding carboxylic acids is 1. The number of hydrogen-bond donors (Lipinski definition) is 2. The van der Waals surface area contributed by atoms with E-state index in [0.717, 1.165) is 25.7 Å². The summed E-state index contributed by atoms with van der Waals surface area (Å²) in [5.74, 6) is 1.20. The molecular weight excluding hydrogens is 373 g/mol. The molecule has 1 aliphatic rings. The van der Waals surface area contributed by atoms with E-state index < -0.39 is 5.54 Å². The van der Waals surface area contributed by atoms with Gasteiger partial charge in [-0.05, 0) is 44.0 Å². The highest BCUT2D eigenvalue weighted by molar-refractivity contribution is 5.93. The first kappa shape index (κ1) is 22.2. The summed E-state index contributed by atoms with van der Waals surface area (Å²) in [5.41, 5.74) is 6.60. The van der Waals surface area contributed by atoms with Crippen molar-refractivity contribution >= 4 is 36.4 Å². The van der Waals surface area contributed by atoms with Crippen molar-refractivity contribution in [2.75, 3.05) is 5.32 Å². The van der Waals surface area contributed by atoms with Crippen molar-refractivity contribution in [2.24, 2.45) is 11.7 Å². The first-order valence-electron chi connectivity index (χ1n) is 8.32. The van der Waals surface area contributed by atoms with E-state index in [4.69, 9.17) is 10.5 Å². The lowest BCUT2D eigenvalue weighted by atomic mass is 9.74. The molecule has 26 heavy (non-hydrogen) atoms. The molecule has 1 amide bonds. The van der Waals surface area contributed by atoms with Crippen LogP contribution in [0.4, 0.5) is 5.69 Å². The van der Waals surface area contributed by atoms with Crippen molar-refractivity contribution in [3.05, 3.63) is 48.8 Å². The third-order valence-electron chi connectivity index (χ3n) is 4.56. The van der Waals surface area contributed by atoms with Crippen LogP contribution in [0.2, 0.25) is 0 Å². The predicted molar refractivity (Wildman–Crippen MR) is 108 cm³/mol. The molecule has 2 aromatic rings. The minimum atomic E-state index is -0.437. The largest absolute Gasteiger partial charge is 0.457 e. The highest BCUT2D eigenvalue weighted by Gasteiger charge is 2.37. The van der Waals surface area contributed by atoms with Crippen molar-refractivity contribution in [3.63, 3.8) is 0 Å². The third-order valence-corrected chi connectivity index (χ3v) is 4.56. The highest BCUT2D eigenvalue weighted by Crippen LogP contribution is 2.33. The number of benzene rings is 1. The number of halogens is 2. The monoisotopic (exact) mass is 397 g/mol. The number of nitrogens with two attached hydrogens (primary N) is 1. The van der Waals surface area contributed by atoms with Crippen molar-refractivity contribution in [1.82, 2.24) is 4.98 Å². The van der Waals surface area contributed by atoms with Gasteiger partial charge in [-0.15, -0.1) is 24.8 Å². The summed E-state index contributed by atoms with van der Waals surface area (Å²) in [5, 5.41) is 2.98. The number of aromatic nitrogens is 1. The summed E-state index contributed by atoms with van der Waals surface area (Å²) in [6, 6.07) is 10.9. The van der Waals surface area contributed by atoms with Crippen LogP contribution in [0, 0.1) is 5.92 Å². The molecule has 0 saturated heterocycles. The molecule has 0 radical (unpaired) electrons. The molecule has 1 aromatic heterocycles. The maximum atomic E-state index is 12.6. The lowest BCUT2D eigenvalue weighted by Crippen LogP contribution is -2.51. The quantitative estimate of drug-likeness (QED) is 0.791. The van der Waals surface area contributed by atoms with E-state index in [-0.39, 0.29) is 36.6 Å². The second-order valence-corrected chi connectivity index (χ2v) is 6.61. The lowest BCUT2D eigenvalue weighted by Gasteiger charge is -2.37. The van der Waals surface area contributed by atoms with Gasteiger partial charge in [-0.1, -0.05) is 18.9 Å². The molecule has 2 atom stereocenters. The normalized spacial score (nSPS) is 21.7. The number of nitrogens with one attached hydrogen (secondary N) is 1. The van der Waals surface area contributed by atoms with Crippen molar-refractivity contribution < 1.29 is 9.53 Å². The number of pyridine rings is 1. The lowest BCUT2D eigenvalue weighted by molar-refractivity contribution is -0.122. The third kappa shape index (κ3) is 5.59. The van der Waals surface area contributed by atoms with Gasteiger partial charge in [0.05, 0.1) is 5.92 Å². The summed E-state index contributed by atoms with van der Waals surface area (Å²) >= 11 is 0. The predicted octanol–water partition coefficient (Wildman–Crippen LogP) is 4.56.